The van der Waals surface area contributed by atoms with Gasteiger partial charge in [0, 0.05) is 4.88 Å². The molecule has 1 aromatic rings. The van der Waals surface area contributed by atoms with Crippen LogP contribution in [0.5, 0.6) is 0 Å². The van der Waals surface area contributed by atoms with Gasteiger partial charge in [-0.05, 0) is 50.0 Å². The quantitative estimate of drug-likeness (QED) is 0.837. The van der Waals surface area contributed by atoms with E-state index >= 15 is 0 Å². The summed E-state index contributed by atoms with van der Waals surface area (Å²) in [6.45, 7) is 10.7. The molecule has 21 heavy (non-hydrogen) atoms. The van der Waals surface area contributed by atoms with E-state index in [1.54, 1.807) is 11.3 Å². The average molecular weight is 309 g/mol. The second kappa shape index (κ2) is 5.99. The number of hydrogen-bond donors (Lipinski definition) is 1. The Morgan fingerprint density at radius 1 is 1.48 bits per heavy atom. The van der Waals surface area contributed by atoms with Crippen molar-refractivity contribution in [2.24, 2.45) is 11.3 Å². The smallest absolute Gasteiger partial charge is 0.341 e. The number of ether oxygens (including phenoxy) is 1. The highest BCUT2D eigenvalue weighted by atomic mass is 32.1. The minimum Gasteiger partial charge on any atom is -0.459 e. The van der Waals surface area contributed by atoms with Crippen molar-refractivity contribution >= 4 is 22.3 Å². The van der Waals surface area contributed by atoms with Crippen LogP contribution in [0.1, 0.15) is 68.3 Å². The van der Waals surface area contributed by atoms with Gasteiger partial charge in [0.2, 0.25) is 0 Å². The lowest BCUT2D eigenvalue weighted by Gasteiger charge is -2.36. The van der Waals surface area contributed by atoms with Crippen LogP contribution in [0.15, 0.2) is 0 Å². The summed E-state index contributed by atoms with van der Waals surface area (Å²) in [7, 11) is 0. The molecule has 1 unspecified atom stereocenters. The predicted molar refractivity (Wildman–Crippen MR) is 88.9 cm³/mol. The summed E-state index contributed by atoms with van der Waals surface area (Å²) in [5.41, 5.74) is 8.23. The average Bonchev–Trinajstić information content (AvgIpc) is 2.72. The highest BCUT2D eigenvalue weighted by Gasteiger charge is 2.35. The number of anilines is 1. The Morgan fingerprint density at radius 3 is 2.71 bits per heavy atom. The van der Waals surface area contributed by atoms with Gasteiger partial charge in [0.05, 0.1) is 11.7 Å². The van der Waals surface area contributed by atoms with Crippen molar-refractivity contribution in [3.05, 3.63) is 16.0 Å². The van der Waals surface area contributed by atoms with Crippen molar-refractivity contribution < 1.29 is 9.53 Å². The number of hydrogen-bond acceptors (Lipinski definition) is 4. The van der Waals surface area contributed by atoms with Crippen LogP contribution in [0.3, 0.4) is 0 Å². The zero-order valence-electron chi connectivity index (χ0n) is 13.8. The molecule has 3 nitrogen and oxygen atoms in total. The summed E-state index contributed by atoms with van der Waals surface area (Å²) in [6, 6.07) is 0. The largest absolute Gasteiger partial charge is 0.459 e. The van der Waals surface area contributed by atoms with E-state index in [0.717, 1.165) is 24.8 Å². The predicted octanol–water partition coefficient (Wildman–Crippen LogP) is 4.44. The van der Waals surface area contributed by atoms with Crippen molar-refractivity contribution in [2.45, 2.75) is 66.4 Å². The van der Waals surface area contributed by atoms with Gasteiger partial charge in [-0.1, -0.05) is 27.2 Å². The van der Waals surface area contributed by atoms with Gasteiger partial charge >= 0.3 is 5.97 Å². The second-order valence-electron chi connectivity index (χ2n) is 6.98. The third-order valence-electron chi connectivity index (χ3n) is 4.86. The van der Waals surface area contributed by atoms with Crippen LogP contribution in [-0.2, 0) is 17.6 Å². The Balaban J connectivity index is 2.27. The van der Waals surface area contributed by atoms with E-state index in [1.165, 1.54) is 11.3 Å². The number of esters is 1. The van der Waals surface area contributed by atoms with Gasteiger partial charge in [0.15, 0.2) is 0 Å². The van der Waals surface area contributed by atoms with Gasteiger partial charge in [0.1, 0.15) is 5.00 Å². The number of nitrogen functional groups attached to an aromatic ring is 1. The molecule has 0 radical (unpaired) electrons. The van der Waals surface area contributed by atoms with E-state index in [0.29, 0.717) is 21.9 Å². The lowest BCUT2D eigenvalue weighted by Crippen LogP contribution is -2.28. The Bertz CT molecular complexity index is 531. The molecule has 2 N–H and O–H groups in total. The van der Waals surface area contributed by atoms with Gasteiger partial charge in [-0.25, -0.2) is 4.79 Å². The Morgan fingerprint density at radius 2 is 2.14 bits per heavy atom. The van der Waals surface area contributed by atoms with Crippen LogP contribution in [-0.4, -0.2) is 12.1 Å². The van der Waals surface area contributed by atoms with E-state index in [1.807, 2.05) is 13.8 Å². The molecule has 1 atom stereocenters. The fourth-order valence-electron chi connectivity index (χ4n) is 3.06. The van der Waals surface area contributed by atoms with Gasteiger partial charge < -0.3 is 10.5 Å². The van der Waals surface area contributed by atoms with Gasteiger partial charge in [-0.2, -0.15) is 0 Å². The maximum absolute atomic E-state index is 12.2. The minimum atomic E-state index is -0.256. The molecule has 0 amide bonds. The lowest BCUT2D eigenvalue weighted by atomic mass is 9.69. The summed E-state index contributed by atoms with van der Waals surface area (Å²) in [6.07, 6.45) is 4.18. The van der Waals surface area contributed by atoms with Crippen LogP contribution in [0.25, 0.3) is 0 Å². The summed E-state index contributed by atoms with van der Waals surface area (Å²) in [5.74, 6) is 0.412. The van der Waals surface area contributed by atoms with Gasteiger partial charge in [0.25, 0.3) is 0 Å². The molecule has 0 saturated carbocycles. The molecule has 1 aromatic heterocycles. The molecule has 2 rings (SSSR count). The maximum Gasteiger partial charge on any atom is 0.341 e. The summed E-state index contributed by atoms with van der Waals surface area (Å²) in [4.78, 5) is 13.5. The van der Waals surface area contributed by atoms with Crippen LogP contribution in [0.2, 0.25) is 0 Å². The van der Waals surface area contributed by atoms with E-state index in [2.05, 4.69) is 20.8 Å². The number of carbonyl (C=O) groups is 1. The zero-order valence-corrected chi connectivity index (χ0v) is 14.6. The molecule has 0 aromatic carbocycles. The third kappa shape index (κ3) is 3.25. The molecule has 118 valence electrons. The monoisotopic (exact) mass is 309 g/mol. The molecular weight excluding hydrogens is 282 g/mol. The first-order chi connectivity index (χ1) is 9.76. The number of rotatable bonds is 4. The highest BCUT2D eigenvalue weighted by molar-refractivity contribution is 7.16. The normalized spacial score (nSPS) is 18.7. The van der Waals surface area contributed by atoms with Crippen LogP contribution in [0.4, 0.5) is 5.00 Å². The Hall–Kier alpha value is -1.03. The van der Waals surface area contributed by atoms with Crippen LogP contribution >= 0.6 is 11.3 Å². The molecule has 1 aliphatic carbocycles. The molecule has 0 bridgehead atoms. The van der Waals surface area contributed by atoms with Crippen molar-refractivity contribution in [1.82, 2.24) is 0 Å². The SMILES string of the molecule is CCC(C)(C)C1CCc2c(sc(N)c2C(=O)OC(C)C)C1. The van der Waals surface area contributed by atoms with Crippen molar-refractivity contribution in [3.8, 4) is 0 Å². The number of thiophene rings is 1. The molecule has 1 heterocycles. The van der Waals surface area contributed by atoms with Gasteiger partial charge in [-0.3, -0.25) is 0 Å². The number of fused-ring (bicyclic) bond motifs is 1. The second-order valence-corrected chi connectivity index (χ2v) is 8.12. The fourth-order valence-corrected chi connectivity index (χ4v) is 4.25. The summed E-state index contributed by atoms with van der Waals surface area (Å²) >= 11 is 1.58. The lowest BCUT2D eigenvalue weighted by molar-refractivity contribution is 0.0378. The number of nitrogens with two attached hydrogens (primary N) is 1. The topological polar surface area (TPSA) is 52.3 Å². The highest BCUT2D eigenvalue weighted by Crippen LogP contribution is 2.44. The summed E-state index contributed by atoms with van der Waals surface area (Å²) in [5, 5.41) is 0.626. The molecule has 0 saturated heterocycles. The first-order valence-corrected chi connectivity index (χ1v) is 8.69. The minimum absolute atomic E-state index is 0.109. The van der Waals surface area contributed by atoms with Crippen LogP contribution < -0.4 is 5.73 Å². The standard InChI is InChI=1S/C17H27NO2S/c1-6-17(4,5)11-7-8-12-13(9-11)21-15(18)14(12)16(19)20-10(2)3/h10-11H,6-9,18H2,1-5H3. The Labute approximate surface area is 131 Å². The molecule has 1 aliphatic rings. The molecule has 0 fully saturated rings. The summed E-state index contributed by atoms with van der Waals surface area (Å²) < 4.78 is 5.34. The fraction of sp³-hybridized carbons (Fsp3) is 0.706. The van der Waals surface area contributed by atoms with Gasteiger partial charge in [-0.15, -0.1) is 11.3 Å². The first-order valence-electron chi connectivity index (χ1n) is 7.87. The van der Waals surface area contributed by atoms with E-state index < -0.39 is 0 Å². The number of carbonyl (C=O) groups excluding carboxylic acids is 1. The van der Waals surface area contributed by atoms with Crippen molar-refractivity contribution in [1.29, 1.82) is 0 Å². The van der Waals surface area contributed by atoms with Crippen molar-refractivity contribution in [2.75, 3.05) is 5.73 Å². The maximum atomic E-state index is 12.2. The Kier molecular flexibility index (Phi) is 4.66. The van der Waals surface area contributed by atoms with E-state index in [4.69, 9.17) is 10.5 Å². The zero-order chi connectivity index (χ0) is 15.8. The van der Waals surface area contributed by atoms with E-state index in [-0.39, 0.29) is 12.1 Å². The first kappa shape index (κ1) is 16.3. The van der Waals surface area contributed by atoms with E-state index in [9.17, 15) is 4.79 Å². The third-order valence-corrected chi connectivity index (χ3v) is 5.94. The molecule has 4 heteroatoms. The molecular formula is C17H27NO2S. The molecule has 0 spiro atoms. The van der Waals surface area contributed by atoms with Crippen LogP contribution in [0, 0.1) is 11.3 Å². The van der Waals surface area contributed by atoms with Crippen molar-refractivity contribution in [3.63, 3.8) is 0 Å². The molecule has 0 aliphatic heterocycles.